The summed E-state index contributed by atoms with van der Waals surface area (Å²) >= 11 is 0. The van der Waals surface area contributed by atoms with Gasteiger partial charge in [-0.15, -0.1) is 0 Å². The number of alkyl halides is 7. The Labute approximate surface area is 222 Å². The largest absolute Gasteiger partial charge is 0.435 e. The highest BCUT2D eigenvalue weighted by Gasteiger charge is 2.73. The lowest BCUT2D eigenvalue weighted by molar-refractivity contribution is -0.348. The molecule has 0 aliphatic carbocycles. The molecule has 3 aromatic rings. The Bertz CT molecular complexity index is 1460. The molecule has 0 radical (unpaired) electrons. The number of carbonyl (C=O) groups is 1. The lowest BCUT2D eigenvalue weighted by atomic mass is 9.90. The van der Waals surface area contributed by atoms with Gasteiger partial charge in [0.2, 0.25) is 5.91 Å². The van der Waals surface area contributed by atoms with Crippen LogP contribution >= 0.6 is 0 Å². The topological polar surface area (TPSA) is 80.2 Å². The Kier molecular flexibility index (Phi) is 7.41. The first-order valence-electron chi connectivity index (χ1n) is 11.5. The lowest BCUT2D eigenvalue weighted by Gasteiger charge is -2.32. The van der Waals surface area contributed by atoms with E-state index in [2.05, 4.69) is 9.97 Å². The van der Waals surface area contributed by atoms with E-state index in [9.17, 15) is 48.3 Å². The predicted molar refractivity (Wildman–Crippen MR) is 124 cm³/mol. The van der Waals surface area contributed by atoms with Crippen LogP contribution < -0.4 is 0 Å². The van der Waals surface area contributed by atoms with Crippen LogP contribution in [-0.4, -0.2) is 54.6 Å². The van der Waals surface area contributed by atoms with E-state index in [1.165, 1.54) is 18.6 Å². The smallest absolute Gasteiger partial charge is 0.340 e. The summed E-state index contributed by atoms with van der Waals surface area (Å²) in [5.41, 5.74) is -7.51. The highest BCUT2D eigenvalue weighted by molar-refractivity contribution is 7.92. The van der Waals surface area contributed by atoms with Crippen LogP contribution in [0.1, 0.15) is 23.2 Å². The number of carbonyl (C=O) groups excluding carboxylic acids is 1. The monoisotopic (exact) mass is 593 g/mol. The molecule has 1 fully saturated rings. The Hall–Kier alpha value is -3.62. The second-order valence-corrected chi connectivity index (χ2v) is 11.4. The van der Waals surface area contributed by atoms with E-state index in [-0.39, 0.29) is 42.8 Å². The molecule has 2 aromatic carbocycles. The molecule has 1 aliphatic heterocycles. The van der Waals surface area contributed by atoms with Gasteiger partial charge in [-0.05, 0) is 36.2 Å². The van der Waals surface area contributed by atoms with Crippen molar-refractivity contribution < 1.29 is 48.3 Å². The first-order chi connectivity index (χ1) is 18.5. The number of hydrogen-bond acceptors (Lipinski definition) is 5. The molecule has 1 amide bonds. The van der Waals surface area contributed by atoms with Gasteiger partial charge in [0, 0.05) is 37.2 Å². The van der Waals surface area contributed by atoms with Crippen LogP contribution in [0, 0.1) is 5.82 Å². The fourth-order valence-corrected chi connectivity index (χ4v) is 6.70. The van der Waals surface area contributed by atoms with Crippen LogP contribution in [0.4, 0.5) is 35.1 Å². The Balaban J connectivity index is 1.79. The predicted octanol–water partition coefficient (Wildman–Crippen LogP) is 5.05. The van der Waals surface area contributed by atoms with Crippen LogP contribution in [0.5, 0.6) is 0 Å². The molecule has 0 saturated carbocycles. The Morgan fingerprint density at radius 1 is 0.900 bits per heavy atom. The van der Waals surface area contributed by atoms with Crippen LogP contribution in [-0.2, 0) is 31.5 Å². The van der Waals surface area contributed by atoms with Gasteiger partial charge in [0.25, 0.3) is 0 Å². The maximum Gasteiger partial charge on any atom is 0.435 e. The number of benzene rings is 2. The van der Waals surface area contributed by atoms with Crippen molar-refractivity contribution in [3.63, 3.8) is 0 Å². The Morgan fingerprint density at radius 3 is 2.02 bits per heavy atom. The van der Waals surface area contributed by atoms with Crippen molar-refractivity contribution in [3.8, 4) is 0 Å². The van der Waals surface area contributed by atoms with E-state index in [0.29, 0.717) is 12.1 Å². The summed E-state index contributed by atoms with van der Waals surface area (Å²) in [6.07, 6.45) is -9.26. The van der Waals surface area contributed by atoms with Crippen LogP contribution in [0.2, 0.25) is 0 Å². The lowest BCUT2D eigenvalue weighted by Crippen LogP contribution is -2.50. The van der Waals surface area contributed by atoms with Crippen molar-refractivity contribution in [2.24, 2.45) is 0 Å². The molecule has 1 aliphatic rings. The van der Waals surface area contributed by atoms with Crippen molar-refractivity contribution in [1.82, 2.24) is 14.9 Å². The van der Waals surface area contributed by atoms with Crippen molar-refractivity contribution in [3.05, 3.63) is 89.8 Å². The summed E-state index contributed by atoms with van der Waals surface area (Å²) in [6.45, 7) is -0.691. The molecule has 214 valence electrons. The third-order valence-electron chi connectivity index (χ3n) is 6.76. The molecular weight excluding hydrogens is 574 g/mol. The molecule has 6 nitrogen and oxygen atoms in total. The second kappa shape index (κ2) is 10.1. The first-order valence-corrected chi connectivity index (χ1v) is 13.0. The average Bonchev–Trinajstić information content (AvgIpc) is 3.36. The third kappa shape index (κ3) is 4.90. The van der Waals surface area contributed by atoms with Gasteiger partial charge in [0.1, 0.15) is 10.6 Å². The minimum atomic E-state index is -6.36. The number of sulfone groups is 1. The van der Waals surface area contributed by atoms with Crippen molar-refractivity contribution >= 4 is 15.7 Å². The quantitative estimate of drug-likeness (QED) is 0.295. The molecule has 0 unspecified atom stereocenters. The molecular formula is C25H19F8N3O3S. The SMILES string of the molecule is O=C(Cc1cnccn1)N1CC[C@](c2ccc(C(F)(C(F)(F)F)C(F)(F)F)cc2)(S(=O)(=O)c2ccc(F)cc2)C1. The van der Waals surface area contributed by atoms with E-state index < -0.39 is 61.3 Å². The summed E-state index contributed by atoms with van der Waals surface area (Å²) in [6, 6.07) is 5.40. The summed E-state index contributed by atoms with van der Waals surface area (Å²) in [7, 11) is -4.54. The highest BCUT2D eigenvalue weighted by Crippen LogP contribution is 2.53. The number of likely N-dealkylation sites (tertiary alicyclic amines) is 1. The van der Waals surface area contributed by atoms with E-state index in [1.807, 2.05) is 0 Å². The number of halogens is 8. The van der Waals surface area contributed by atoms with Gasteiger partial charge in [-0.25, -0.2) is 17.2 Å². The highest BCUT2D eigenvalue weighted by atomic mass is 32.2. The molecule has 2 heterocycles. The van der Waals surface area contributed by atoms with E-state index in [1.54, 1.807) is 0 Å². The molecule has 1 aromatic heterocycles. The molecule has 15 heteroatoms. The van der Waals surface area contributed by atoms with Gasteiger partial charge in [-0.2, -0.15) is 26.3 Å². The molecule has 40 heavy (non-hydrogen) atoms. The zero-order valence-corrected chi connectivity index (χ0v) is 21.0. The summed E-state index contributed by atoms with van der Waals surface area (Å²) in [4.78, 5) is 21.5. The summed E-state index contributed by atoms with van der Waals surface area (Å²) < 4.78 is 133. The molecule has 1 saturated heterocycles. The van der Waals surface area contributed by atoms with Crippen molar-refractivity contribution in [1.29, 1.82) is 0 Å². The van der Waals surface area contributed by atoms with Gasteiger partial charge >= 0.3 is 18.0 Å². The second-order valence-electron chi connectivity index (χ2n) is 9.12. The van der Waals surface area contributed by atoms with Gasteiger partial charge in [-0.1, -0.05) is 24.3 Å². The number of hydrogen-bond donors (Lipinski definition) is 0. The summed E-state index contributed by atoms with van der Waals surface area (Å²) in [5.74, 6) is -1.33. The number of amides is 1. The minimum Gasteiger partial charge on any atom is -0.340 e. The molecule has 0 bridgehead atoms. The van der Waals surface area contributed by atoms with Gasteiger partial charge < -0.3 is 4.90 Å². The number of aromatic nitrogens is 2. The fraction of sp³-hybridized carbons (Fsp3) is 0.320. The maximum atomic E-state index is 14.6. The van der Waals surface area contributed by atoms with Gasteiger partial charge in [-0.3, -0.25) is 14.8 Å². The Morgan fingerprint density at radius 2 is 1.50 bits per heavy atom. The molecule has 1 atom stereocenters. The molecule has 0 N–H and O–H groups in total. The third-order valence-corrected chi connectivity index (χ3v) is 9.25. The number of nitrogens with zero attached hydrogens (tertiary/aromatic N) is 3. The van der Waals surface area contributed by atoms with E-state index in [4.69, 9.17) is 0 Å². The average molecular weight is 593 g/mol. The molecule has 4 rings (SSSR count). The van der Waals surface area contributed by atoms with Crippen LogP contribution in [0.15, 0.2) is 72.0 Å². The van der Waals surface area contributed by atoms with E-state index in [0.717, 1.165) is 29.2 Å². The standard InChI is InChI=1S/C25H19F8N3O3S/c26-18-5-7-20(8-6-18)40(38,39)22(9-12-36(15-22)21(37)13-19-14-34-10-11-35-19)16-1-3-17(4-2-16)23(27,24(28,29)30)25(31,32)33/h1-8,10-11,14H,9,12-13,15H2/t22-/m0/s1. The maximum absolute atomic E-state index is 14.6. The van der Waals surface area contributed by atoms with Crippen molar-refractivity contribution in [2.75, 3.05) is 13.1 Å². The van der Waals surface area contributed by atoms with Gasteiger partial charge in [0.15, 0.2) is 9.84 Å². The summed E-state index contributed by atoms with van der Waals surface area (Å²) in [5, 5.41) is 0. The fourth-order valence-electron chi connectivity index (χ4n) is 4.62. The zero-order chi connectivity index (χ0) is 29.6. The zero-order valence-electron chi connectivity index (χ0n) is 20.2. The van der Waals surface area contributed by atoms with Crippen molar-refractivity contribution in [2.45, 2.75) is 40.5 Å². The molecule has 0 spiro atoms. The van der Waals surface area contributed by atoms with Gasteiger partial charge in [0.05, 0.1) is 17.0 Å². The van der Waals surface area contributed by atoms with Crippen LogP contribution in [0.3, 0.4) is 0 Å². The first kappa shape index (κ1) is 29.4. The van der Waals surface area contributed by atoms with Crippen LogP contribution in [0.25, 0.3) is 0 Å². The number of rotatable bonds is 6. The minimum absolute atomic E-state index is 0.153. The van der Waals surface area contributed by atoms with E-state index >= 15 is 0 Å². The normalized spacial score (nSPS) is 18.6.